The molecule has 0 aliphatic carbocycles. The van der Waals surface area contributed by atoms with E-state index in [1.54, 1.807) is 18.5 Å². The van der Waals surface area contributed by atoms with Crippen LogP contribution in [0.4, 0.5) is 0 Å². The molecule has 3 aromatic rings. The smallest absolute Gasteiger partial charge is 0.258 e. The molecule has 0 atom stereocenters. The van der Waals surface area contributed by atoms with E-state index in [4.69, 9.17) is 0 Å². The lowest BCUT2D eigenvalue weighted by molar-refractivity contribution is 0.0947. The van der Waals surface area contributed by atoms with Gasteiger partial charge in [0.1, 0.15) is 5.56 Å². The normalized spacial score (nSPS) is 10.5. The molecule has 116 valence electrons. The van der Waals surface area contributed by atoms with E-state index in [1.165, 1.54) is 10.9 Å². The Balaban J connectivity index is 1.71. The van der Waals surface area contributed by atoms with Gasteiger partial charge in [0.15, 0.2) is 0 Å². The van der Waals surface area contributed by atoms with Crippen LogP contribution in [0.15, 0.2) is 48.9 Å². The molecule has 23 heavy (non-hydrogen) atoms. The first-order valence-corrected chi connectivity index (χ1v) is 7.03. The highest BCUT2D eigenvalue weighted by Crippen LogP contribution is 2.14. The summed E-state index contributed by atoms with van der Waals surface area (Å²) >= 11 is 0. The third-order valence-corrected chi connectivity index (χ3v) is 3.28. The van der Waals surface area contributed by atoms with Crippen LogP contribution >= 0.6 is 0 Å². The molecule has 0 saturated carbocycles. The van der Waals surface area contributed by atoms with Gasteiger partial charge in [0.25, 0.3) is 11.9 Å². The van der Waals surface area contributed by atoms with Crippen LogP contribution in [-0.2, 0) is 6.54 Å². The lowest BCUT2D eigenvalue weighted by Gasteiger charge is -2.07. The summed E-state index contributed by atoms with van der Waals surface area (Å²) in [7, 11) is 0. The maximum atomic E-state index is 12.1. The van der Waals surface area contributed by atoms with Gasteiger partial charge in [0.05, 0.1) is 0 Å². The quantitative estimate of drug-likeness (QED) is 0.763. The Hall–Kier alpha value is -3.22. The second-order valence-corrected chi connectivity index (χ2v) is 5.03. The van der Waals surface area contributed by atoms with Crippen LogP contribution in [0.3, 0.4) is 0 Å². The summed E-state index contributed by atoms with van der Waals surface area (Å²) < 4.78 is 1.40. The van der Waals surface area contributed by atoms with Crippen molar-refractivity contribution in [2.75, 3.05) is 0 Å². The molecule has 0 bridgehead atoms. The second kappa shape index (κ2) is 6.27. The van der Waals surface area contributed by atoms with Gasteiger partial charge < -0.3 is 10.4 Å². The van der Waals surface area contributed by atoms with Gasteiger partial charge in [0.2, 0.25) is 5.88 Å². The Morgan fingerprint density at radius 1 is 1.30 bits per heavy atom. The van der Waals surface area contributed by atoms with E-state index < -0.39 is 5.91 Å². The molecule has 7 heteroatoms. The largest absolute Gasteiger partial charge is 0.493 e. The number of amides is 1. The Bertz CT molecular complexity index is 813. The van der Waals surface area contributed by atoms with Gasteiger partial charge in [-0.25, -0.2) is 9.67 Å². The van der Waals surface area contributed by atoms with Crippen molar-refractivity contribution in [1.82, 2.24) is 25.1 Å². The number of carbonyl (C=O) groups excluding carboxylic acids is 1. The third kappa shape index (κ3) is 3.34. The fourth-order valence-electron chi connectivity index (χ4n) is 2.01. The lowest BCUT2D eigenvalue weighted by atomic mass is 10.1. The number of aryl methyl sites for hydroxylation is 1. The maximum Gasteiger partial charge on any atom is 0.258 e. The van der Waals surface area contributed by atoms with E-state index in [9.17, 15) is 9.90 Å². The summed E-state index contributed by atoms with van der Waals surface area (Å²) in [6.45, 7) is 2.36. The number of benzene rings is 1. The zero-order chi connectivity index (χ0) is 16.2. The van der Waals surface area contributed by atoms with Crippen LogP contribution < -0.4 is 5.32 Å². The molecule has 0 saturated heterocycles. The van der Waals surface area contributed by atoms with E-state index >= 15 is 0 Å². The number of carbonyl (C=O) groups is 1. The molecule has 1 amide bonds. The fraction of sp³-hybridized carbons (Fsp3) is 0.125. The number of nitrogens with one attached hydrogen (secondary N) is 1. The maximum absolute atomic E-state index is 12.1. The standard InChI is InChI=1S/C16H15N5O2/c1-11-3-5-12(6-4-11)9-17-14(22)13-10-18-16(20-15(13)23)21-8-2-7-19-21/h2-8,10H,9H2,1H3,(H,17,22)(H,18,20,23). The van der Waals surface area contributed by atoms with Crippen LogP contribution in [0.25, 0.3) is 5.95 Å². The average Bonchev–Trinajstić information content (AvgIpc) is 3.08. The SMILES string of the molecule is Cc1ccc(CNC(=O)c2cnc(-n3cccn3)nc2O)cc1. The number of hydrogen-bond acceptors (Lipinski definition) is 5. The van der Waals surface area contributed by atoms with Gasteiger partial charge in [-0.3, -0.25) is 4.79 Å². The second-order valence-electron chi connectivity index (χ2n) is 5.03. The number of rotatable bonds is 4. The van der Waals surface area contributed by atoms with Crippen LogP contribution in [-0.4, -0.2) is 30.8 Å². The summed E-state index contributed by atoms with van der Waals surface area (Å²) in [5.41, 5.74) is 2.14. The number of hydrogen-bond donors (Lipinski definition) is 2. The molecule has 7 nitrogen and oxygen atoms in total. The average molecular weight is 309 g/mol. The van der Waals surface area contributed by atoms with E-state index in [1.807, 2.05) is 31.2 Å². The minimum absolute atomic E-state index is 0.0213. The van der Waals surface area contributed by atoms with Crippen molar-refractivity contribution in [3.8, 4) is 11.8 Å². The zero-order valence-corrected chi connectivity index (χ0v) is 12.5. The predicted octanol–water partition coefficient (Wildman–Crippen LogP) is 1.61. The van der Waals surface area contributed by atoms with Gasteiger partial charge in [-0.15, -0.1) is 0 Å². The summed E-state index contributed by atoms with van der Waals surface area (Å²) in [6.07, 6.45) is 4.50. The summed E-state index contributed by atoms with van der Waals surface area (Å²) in [6, 6.07) is 9.53. The monoisotopic (exact) mass is 309 g/mol. The Kier molecular flexibility index (Phi) is 4.01. The van der Waals surface area contributed by atoms with Gasteiger partial charge in [-0.05, 0) is 18.6 Å². The molecule has 0 aliphatic rings. The molecule has 0 radical (unpaired) electrons. The molecular formula is C16H15N5O2. The van der Waals surface area contributed by atoms with E-state index in [0.717, 1.165) is 11.1 Å². The van der Waals surface area contributed by atoms with Crippen molar-refractivity contribution in [2.45, 2.75) is 13.5 Å². The molecule has 2 N–H and O–H groups in total. The number of aromatic nitrogens is 4. The molecule has 0 unspecified atom stereocenters. The first-order valence-electron chi connectivity index (χ1n) is 7.03. The molecule has 2 heterocycles. The van der Waals surface area contributed by atoms with Crippen LogP contribution in [0, 0.1) is 6.92 Å². The highest BCUT2D eigenvalue weighted by Gasteiger charge is 2.14. The molecule has 0 fully saturated rings. The van der Waals surface area contributed by atoms with E-state index in [0.29, 0.717) is 6.54 Å². The van der Waals surface area contributed by atoms with Crippen molar-refractivity contribution >= 4 is 5.91 Å². The third-order valence-electron chi connectivity index (χ3n) is 3.28. The van der Waals surface area contributed by atoms with Crippen LogP contribution in [0.1, 0.15) is 21.5 Å². The minimum atomic E-state index is -0.435. The molecule has 3 rings (SSSR count). The summed E-state index contributed by atoms with van der Waals surface area (Å²) in [5.74, 6) is -0.621. The topological polar surface area (TPSA) is 92.9 Å². The highest BCUT2D eigenvalue weighted by atomic mass is 16.3. The Morgan fingerprint density at radius 3 is 2.74 bits per heavy atom. The summed E-state index contributed by atoms with van der Waals surface area (Å²) in [4.78, 5) is 20.1. The highest BCUT2D eigenvalue weighted by molar-refractivity contribution is 5.95. The Morgan fingerprint density at radius 2 is 2.09 bits per heavy atom. The number of aromatic hydroxyl groups is 1. The van der Waals surface area contributed by atoms with Crippen molar-refractivity contribution in [2.24, 2.45) is 0 Å². The minimum Gasteiger partial charge on any atom is -0.493 e. The molecule has 2 aromatic heterocycles. The van der Waals surface area contributed by atoms with Crippen molar-refractivity contribution in [3.63, 3.8) is 0 Å². The van der Waals surface area contributed by atoms with Crippen LogP contribution in [0.5, 0.6) is 5.88 Å². The first kappa shape index (κ1) is 14.7. The first-order chi connectivity index (χ1) is 11.1. The van der Waals surface area contributed by atoms with Crippen molar-refractivity contribution in [1.29, 1.82) is 0 Å². The molecule has 1 aromatic carbocycles. The van der Waals surface area contributed by atoms with E-state index in [-0.39, 0.29) is 17.4 Å². The van der Waals surface area contributed by atoms with Crippen molar-refractivity contribution < 1.29 is 9.90 Å². The molecule has 0 aliphatic heterocycles. The van der Waals surface area contributed by atoms with Gasteiger partial charge in [-0.1, -0.05) is 29.8 Å². The van der Waals surface area contributed by atoms with Crippen LogP contribution in [0.2, 0.25) is 0 Å². The van der Waals surface area contributed by atoms with Gasteiger partial charge in [-0.2, -0.15) is 10.1 Å². The lowest BCUT2D eigenvalue weighted by Crippen LogP contribution is -2.23. The van der Waals surface area contributed by atoms with Gasteiger partial charge >= 0.3 is 0 Å². The summed E-state index contributed by atoms with van der Waals surface area (Å²) in [5, 5.41) is 16.6. The van der Waals surface area contributed by atoms with Gasteiger partial charge in [0, 0.05) is 25.1 Å². The Labute approximate surface area is 132 Å². The fourth-order valence-corrected chi connectivity index (χ4v) is 2.01. The molecule has 0 spiro atoms. The predicted molar refractivity (Wildman–Crippen MR) is 83.2 cm³/mol. The number of nitrogens with zero attached hydrogens (tertiary/aromatic N) is 4. The van der Waals surface area contributed by atoms with E-state index in [2.05, 4.69) is 20.4 Å². The van der Waals surface area contributed by atoms with Crippen molar-refractivity contribution in [3.05, 3.63) is 65.6 Å². The zero-order valence-electron chi connectivity index (χ0n) is 12.5. The molecular weight excluding hydrogens is 294 g/mol.